The van der Waals surface area contributed by atoms with Gasteiger partial charge >= 0.3 is 6.18 Å². The third-order valence-corrected chi connectivity index (χ3v) is 4.12. The van der Waals surface area contributed by atoms with Crippen molar-refractivity contribution in [2.75, 3.05) is 0 Å². The molecule has 3 aromatic rings. The number of hydrogen-bond donors (Lipinski definition) is 0. The van der Waals surface area contributed by atoms with Crippen LogP contribution in [0, 0.1) is 5.92 Å². The Morgan fingerprint density at radius 3 is 2.44 bits per heavy atom. The van der Waals surface area contributed by atoms with Gasteiger partial charge in [0.15, 0.2) is 11.5 Å². The second kappa shape index (κ2) is 5.17. The molecule has 4 rings (SSSR count). The molecule has 25 heavy (non-hydrogen) atoms. The van der Waals surface area contributed by atoms with E-state index in [0.29, 0.717) is 0 Å². The van der Waals surface area contributed by atoms with E-state index in [1.54, 1.807) is 0 Å². The van der Waals surface area contributed by atoms with Crippen molar-refractivity contribution in [2.24, 2.45) is 5.92 Å². The Morgan fingerprint density at radius 1 is 1.16 bits per heavy atom. The number of nitrogens with zero attached hydrogens (tertiary/aromatic N) is 5. The van der Waals surface area contributed by atoms with Crippen LogP contribution in [0.4, 0.5) is 22.0 Å². The molecular formula is C15H10F5N5. The zero-order valence-electron chi connectivity index (χ0n) is 12.5. The molecule has 10 heteroatoms. The molecule has 130 valence electrons. The standard InChI is InChI=1S/C15H10F5N5/c16-14(17)7-8(14)6-10-23-24-13-11(15(18,19)20)9(2-5-25(10)13)12-21-3-1-4-22-12/h1-5,8H,6-7H2. The molecule has 0 bridgehead atoms. The maximum absolute atomic E-state index is 13.6. The van der Waals surface area contributed by atoms with Gasteiger partial charge in [-0.05, 0) is 12.1 Å². The van der Waals surface area contributed by atoms with Gasteiger partial charge in [-0.2, -0.15) is 13.2 Å². The van der Waals surface area contributed by atoms with Gasteiger partial charge in [0, 0.05) is 42.9 Å². The lowest BCUT2D eigenvalue weighted by Crippen LogP contribution is -2.12. The summed E-state index contributed by atoms with van der Waals surface area (Å²) in [5, 5.41) is 7.28. The zero-order chi connectivity index (χ0) is 17.8. The Morgan fingerprint density at radius 2 is 1.84 bits per heavy atom. The summed E-state index contributed by atoms with van der Waals surface area (Å²) in [7, 11) is 0. The summed E-state index contributed by atoms with van der Waals surface area (Å²) in [5.41, 5.74) is -1.73. The van der Waals surface area contributed by atoms with E-state index in [1.165, 1.54) is 30.7 Å². The number of pyridine rings is 1. The van der Waals surface area contributed by atoms with Crippen LogP contribution in [0.3, 0.4) is 0 Å². The van der Waals surface area contributed by atoms with E-state index in [-0.39, 0.29) is 30.1 Å². The molecule has 0 saturated heterocycles. The molecular weight excluding hydrogens is 345 g/mol. The molecule has 5 nitrogen and oxygen atoms in total. The van der Waals surface area contributed by atoms with E-state index in [2.05, 4.69) is 20.2 Å². The number of halogens is 5. The van der Waals surface area contributed by atoms with Gasteiger partial charge in [-0.3, -0.25) is 4.40 Å². The molecule has 0 N–H and O–H groups in total. The minimum absolute atomic E-state index is 0.0724. The SMILES string of the molecule is FC(F)(F)c1c(-c2ncccn2)ccn2c(CC3CC3(F)F)nnc12. The lowest BCUT2D eigenvalue weighted by molar-refractivity contribution is -0.136. The van der Waals surface area contributed by atoms with Crippen LogP contribution < -0.4 is 0 Å². The maximum atomic E-state index is 13.6. The largest absolute Gasteiger partial charge is 0.420 e. The summed E-state index contributed by atoms with van der Waals surface area (Å²) in [6.45, 7) is 0. The number of alkyl halides is 5. The van der Waals surface area contributed by atoms with Crippen molar-refractivity contribution in [3.63, 3.8) is 0 Å². The molecule has 1 aliphatic rings. The molecule has 0 aliphatic heterocycles. The highest BCUT2D eigenvalue weighted by molar-refractivity contribution is 5.69. The summed E-state index contributed by atoms with van der Waals surface area (Å²) in [6, 6.07) is 2.68. The van der Waals surface area contributed by atoms with Crippen LogP contribution in [0.15, 0.2) is 30.7 Å². The van der Waals surface area contributed by atoms with Crippen LogP contribution in [-0.4, -0.2) is 30.5 Å². The first-order valence-corrected chi connectivity index (χ1v) is 7.36. The van der Waals surface area contributed by atoms with Gasteiger partial charge in [0.2, 0.25) is 0 Å². The van der Waals surface area contributed by atoms with Crippen molar-refractivity contribution in [1.82, 2.24) is 24.6 Å². The molecule has 1 fully saturated rings. The Labute approximate surface area is 137 Å². The van der Waals surface area contributed by atoms with Gasteiger partial charge < -0.3 is 0 Å². The number of aromatic nitrogens is 5. The van der Waals surface area contributed by atoms with Crippen molar-refractivity contribution in [1.29, 1.82) is 0 Å². The first-order chi connectivity index (χ1) is 11.8. The molecule has 1 aliphatic carbocycles. The molecule has 0 amide bonds. The van der Waals surface area contributed by atoms with Crippen molar-refractivity contribution in [2.45, 2.75) is 24.9 Å². The van der Waals surface area contributed by atoms with E-state index >= 15 is 0 Å². The van der Waals surface area contributed by atoms with Crippen molar-refractivity contribution in [3.05, 3.63) is 42.1 Å². The fourth-order valence-electron chi connectivity index (χ4n) is 2.76. The summed E-state index contributed by atoms with van der Waals surface area (Å²) in [6.07, 6.45) is -1.16. The van der Waals surface area contributed by atoms with E-state index in [4.69, 9.17) is 0 Å². The Kier molecular flexibility index (Phi) is 3.28. The fraction of sp³-hybridized carbons (Fsp3) is 0.333. The van der Waals surface area contributed by atoms with Crippen LogP contribution in [0.1, 0.15) is 17.8 Å². The van der Waals surface area contributed by atoms with Crippen LogP contribution in [-0.2, 0) is 12.6 Å². The van der Waals surface area contributed by atoms with E-state index < -0.39 is 29.2 Å². The predicted molar refractivity (Wildman–Crippen MR) is 75.8 cm³/mol. The highest BCUT2D eigenvalue weighted by Gasteiger charge is 2.57. The number of fused-ring (bicyclic) bond motifs is 1. The van der Waals surface area contributed by atoms with Gasteiger partial charge in [0.05, 0.1) is 0 Å². The molecule has 3 heterocycles. The molecule has 0 aromatic carbocycles. The molecule has 1 unspecified atom stereocenters. The second-order valence-corrected chi connectivity index (χ2v) is 5.85. The van der Waals surface area contributed by atoms with Crippen LogP contribution in [0.25, 0.3) is 17.0 Å². The summed E-state index contributed by atoms with van der Waals surface area (Å²) >= 11 is 0. The molecule has 1 saturated carbocycles. The normalized spacial score (nSPS) is 19.3. The third kappa shape index (κ3) is 2.71. The third-order valence-electron chi connectivity index (χ3n) is 4.12. The highest BCUT2D eigenvalue weighted by atomic mass is 19.4. The van der Waals surface area contributed by atoms with Crippen LogP contribution >= 0.6 is 0 Å². The quantitative estimate of drug-likeness (QED) is 0.676. The summed E-state index contributed by atoms with van der Waals surface area (Å²) in [5.74, 6) is -3.72. The van der Waals surface area contributed by atoms with Gasteiger partial charge in [-0.15, -0.1) is 10.2 Å². The lowest BCUT2D eigenvalue weighted by atomic mass is 10.1. The van der Waals surface area contributed by atoms with Crippen molar-refractivity contribution in [3.8, 4) is 11.4 Å². The fourth-order valence-corrected chi connectivity index (χ4v) is 2.76. The van der Waals surface area contributed by atoms with E-state index in [9.17, 15) is 22.0 Å². The van der Waals surface area contributed by atoms with Gasteiger partial charge in [-0.1, -0.05) is 0 Å². The van der Waals surface area contributed by atoms with E-state index in [1.807, 2.05) is 0 Å². The van der Waals surface area contributed by atoms with Gasteiger partial charge in [0.25, 0.3) is 5.92 Å². The minimum Gasteiger partial charge on any atom is -0.286 e. The van der Waals surface area contributed by atoms with Crippen LogP contribution in [0.2, 0.25) is 0 Å². The second-order valence-electron chi connectivity index (χ2n) is 5.85. The smallest absolute Gasteiger partial charge is 0.286 e. The average Bonchev–Trinajstić information content (AvgIpc) is 2.97. The van der Waals surface area contributed by atoms with E-state index in [0.717, 1.165) is 4.40 Å². The highest BCUT2D eigenvalue weighted by Crippen LogP contribution is 2.50. The molecule has 0 spiro atoms. The monoisotopic (exact) mass is 355 g/mol. The van der Waals surface area contributed by atoms with Crippen molar-refractivity contribution < 1.29 is 22.0 Å². The number of rotatable bonds is 3. The summed E-state index contributed by atoms with van der Waals surface area (Å²) < 4.78 is 68.1. The van der Waals surface area contributed by atoms with Gasteiger partial charge in [0.1, 0.15) is 11.4 Å². The topological polar surface area (TPSA) is 56.0 Å². The first-order valence-electron chi connectivity index (χ1n) is 7.36. The Balaban J connectivity index is 1.86. The molecule has 3 aromatic heterocycles. The average molecular weight is 355 g/mol. The Hall–Kier alpha value is -2.65. The first kappa shape index (κ1) is 15.9. The predicted octanol–water partition coefficient (Wildman–Crippen LogP) is 3.40. The minimum atomic E-state index is -4.73. The lowest BCUT2D eigenvalue weighted by Gasteiger charge is -2.13. The summed E-state index contributed by atoms with van der Waals surface area (Å²) in [4.78, 5) is 7.69. The molecule has 1 atom stereocenters. The van der Waals surface area contributed by atoms with Crippen LogP contribution in [0.5, 0.6) is 0 Å². The maximum Gasteiger partial charge on any atom is 0.420 e. The van der Waals surface area contributed by atoms with Gasteiger partial charge in [-0.25, -0.2) is 18.7 Å². The number of hydrogen-bond acceptors (Lipinski definition) is 4. The molecule has 0 radical (unpaired) electrons. The van der Waals surface area contributed by atoms with Crippen molar-refractivity contribution >= 4 is 5.65 Å². The Bertz CT molecular complexity index is 935. The zero-order valence-corrected chi connectivity index (χ0v) is 12.5.